The highest BCUT2D eigenvalue weighted by atomic mass is 16.5. The molecule has 0 saturated carbocycles. The standard InChI is InChI=1S/C11H13NO3/c1-8-10(15-7-12-8)11(2,13-3)9-4-5-14-6-9/h4-7H,1-3H3. The first-order chi connectivity index (χ1) is 7.18. The van der Waals surface area contributed by atoms with Gasteiger partial charge >= 0.3 is 0 Å². The van der Waals surface area contributed by atoms with Crippen molar-refractivity contribution in [1.29, 1.82) is 0 Å². The predicted molar refractivity (Wildman–Crippen MR) is 53.4 cm³/mol. The molecule has 2 heterocycles. The van der Waals surface area contributed by atoms with Gasteiger partial charge in [0, 0.05) is 12.7 Å². The molecule has 0 radical (unpaired) electrons. The molecule has 0 bridgehead atoms. The lowest BCUT2D eigenvalue weighted by atomic mass is 9.94. The summed E-state index contributed by atoms with van der Waals surface area (Å²) in [7, 11) is 1.63. The molecule has 4 nitrogen and oxygen atoms in total. The molecule has 80 valence electrons. The number of rotatable bonds is 3. The Labute approximate surface area is 87.9 Å². The molecule has 2 rings (SSSR count). The fraction of sp³-hybridized carbons (Fsp3) is 0.364. The lowest BCUT2D eigenvalue weighted by Gasteiger charge is -2.24. The van der Waals surface area contributed by atoms with E-state index in [1.165, 1.54) is 6.39 Å². The topological polar surface area (TPSA) is 48.4 Å². The van der Waals surface area contributed by atoms with Gasteiger partial charge in [0.15, 0.2) is 17.8 Å². The van der Waals surface area contributed by atoms with Crippen LogP contribution in [-0.2, 0) is 10.3 Å². The van der Waals surface area contributed by atoms with Crippen molar-refractivity contribution in [2.24, 2.45) is 0 Å². The Morgan fingerprint density at radius 3 is 2.73 bits per heavy atom. The molecular weight excluding hydrogens is 194 g/mol. The number of furan rings is 1. The average Bonchev–Trinajstić information content (AvgIpc) is 2.87. The molecule has 0 aromatic carbocycles. The maximum atomic E-state index is 5.51. The summed E-state index contributed by atoms with van der Waals surface area (Å²) in [4.78, 5) is 4.06. The van der Waals surface area contributed by atoms with E-state index < -0.39 is 5.60 Å². The highest BCUT2D eigenvalue weighted by Gasteiger charge is 2.35. The quantitative estimate of drug-likeness (QED) is 0.775. The summed E-state index contributed by atoms with van der Waals surface area (Å²) in [5.41, 5.74) is 1.08. The summed E-state index contributed by atoms with van der Waals surface area (Å²) in [5.74, 6) is 0.700. The Bertz CT molecular complexity index is 432. The van der Waals surface area contributed by atoms with Gasteiger partial charge in [-0.3, -0.25) is 0 Å². The van der Waals surface area contributed by atoms with Gasteiger partial charge in [-0.2, -0.15) is 0 Å². The second-order valence-electron chi connectivity index (χ2n) is 3.52. The summed E-state index contributed by atoms with van der Waals surface area (Å²) in [6.45, 7) is 3.81. The highest BCUT2D eigenvalue weighted by Crippen LogP contribution is 2.34. The van der Waals surface area contributed by atoms with Crippen LogP contribution in [0.25, 0.3) is 0 Å². The zero-order chi connectivity index (χ0) is 10.9. The Balaban J connectivity index is 2.51. The first-order valence-electron chi connectivity index (χ1n) is 4.67. The second kappa shape index (κ2) is 3.55. The molecule has 0 aliphatic rings. The average molecular weight is 207 g/mol. The van der Waals surface area contributed by atoms with Gasteiger partial charge in [0.2, 0.25) is 0 Å². The van der Waals surface area contributed by atoms with Gasteiger partial charge in [0.25, 0.3) is 0 Å². The monoisotopic (exact) mass is 207 g/mol. The molecule has 1 atom stereocenters. The van der Waals surface area contributed by atoms with Crippen molar-refractivity contribution >= 4 is 0 Å². The molecule has 2 aromatic rings. The van der Waals surface area contributed by atoms with E-state index in [1.807, 2.05) is 19.9 Å². The lowest BCUT2D eigenvalue weighted by Crippen LogP contribution is -2.25. The van der Waals surface area contributed by atoms with Crippen LogP contribution >= 0.6 is 0 Å². The molecule has 0 N–H and O–H groups in total. The summed E-state index contributed by atoms with van der Waals surface area (Å²) in [6, 6.07) is 1.85. The fourth-order valence-electron chi connectivity index (χ4n) is 1.64. The Hall–Kier alpha value is -1.55. The van der Waals surface area contributed by atoms with E-state index in [0.29, 0.717) is 5.76 Å². The first-order valence-corrected chi connectivity index (χ1v) is 4.67. The van der Waals surface area contributed by atoms with E-state index in [4.69, 9.17) is 13.6 Å². The molecule has 0 amide bonds. The number of aromatic nitrogens is 1. The van der Waals surface area contributed by atoms with Crippen LogP contribution in [0.5, 0.6) is 0 Å². The molecule has 0 saturated heterocycles. The van der Waals surface area contributed by atoms with Gasteiger partial charge in [-0.25, -0.2) is 4.98 Å². The molecule has 0 aliphatic carbocycles. The van der Waals surface area contributed by atoms with E-state index in [2.05, 4.69) is 4.98 Å². The van der Waals surface area contributed by atoms with Gasteiger partial charge in [0.1, 0.15) is 0 Å². The van der Waals surface area contributed by atoms with E-state index in [0.717, 1.165) is 11.3 Å². The molecular formula is C11H13NO3. The zero-order valence-corrected chi connectivity index (χ0v) is 8.98. The molecule has 0 fully saturated rings. The van der Waals surface area contributed by atoms with E-state index >= 15 is 0 Å². The van der Waals surface area contributed by atoms with Crippen LogP contribution in [0.4, 0.5) is 0 Å². The van der Waals surface area contributed by atoms with Gasteiger partial charge < -0.3 is 13.6 Å². The number of oxazole rings is 1. The predicted octanol–water partition coefficient (Wildman–Crippen LogP) is 2.49. The summed E-state index contributed by atoms with van der Waals surface area (Å²) < 4.78 is 15.9. The van der Waals surface area contributed by atoms with Crippen molar-refractivity contribution in [2.75, 3.05) is 7.11 Å². The van der Waals surface area contributed by atoms with Crippen LogP contribution in [0.3, 0.4) is 0 Å². The third kappa shape index (κ3) is 1.47. The molecule has 0 spiro atoms. The van der Waals surface area contributed by atoms with Crippen LogP contribution in [0.15, 0.2) is 33.8 Å². The van der Waals surface area contributed by atoms with Crippen LogP contribution in [0.1, 0.15) is 23.9 Å². The highest BCUT2D eigenvalue weighted by molar-refractivity contribution is 5.29. The minimum Gasteiger partial charge on any atom is -0.472 e. The molecule has 4 heteroatoms. The van der Waals surface area contributed by atoms with Crippen molar-refractivity contribution in [3.8, 4) is 0 Å². The maximum absolute atomic E-state index is 5.51. The second-order valence-corrected chi connectivity index (χ2v) is 3.52. The Morgan fingerprint density at radius 2 is 2.27 bits per heavy atom. The Kier molecular flexibility index (Phi) is 2.36. The third-order valence-corrected chi connectivity index (χ3v) is 2.66. The number of ether oxygens (including phenoxy) is 1. The molecule has 2 aromatic heterocycles. The van der Waals surface area contributed by atoms with Crippen molar-refractivity contribution in [3.63, 3.8) is 0 Å². The number of aryl methyl sites for hydroxylation is 1. The van der Waals surface area contributed by atoms with Gasteiger partial charge in [-0.1, -0.05) is 0 Å². The molecule has 15 heavy (non-hydrogen) atoms. The Morgan fingerprint density at radius 1 is 1.47 bits per heavy atom. The van der Waals surface area contributed by atoms with Crippen molar-refractivity contribution < 1.29 is 13.6 Å². The summed E-state index contributed by atoms with van der Waals surface area (Å²) in [5, 5.41) is 0. The van der Waals surface area contributed by atoms with E-state index in [1.54, 1.807) is 19.6 Å². The minimum atomic E-state index is -0.645. The zero-order valence-electron chi connectivity index (χ0n) is 8.98. The third-order valence-electron chi connectivity index (χ3n) is 2.66. The SMILES string of the molecule is COC(C)(c1ccoc1)c1ocnc1C. The summed E-state index contributed by atoms with van der Waals surface area (Å²) in [6.07, 6.45) is 4.67. The number of hydrogen-bond donors (Lipinski definition) is 0. The van der Waals surface area contributed by atoms with E-state index in [-0.39, 0.29) is 0 Å². The fourth-order valence-corrected chi connectivity index (χ4v) is 1.64. The number of methoxy groups -OCH3 is 1. The van der Waals surface area contributed by atoms with Gasteiger partial charge in [-0.05, 0) is 19.9 Å². The molecule has 0 aliphatic heterocycles. The number of hydrogen-bond acceptors (Lipinski definition) is 4. The normalized spacial score (nSPS) is 15.1. The minimum absolute atomic E-state index is 0.645. The van der Waals surface area contributed by atoms with Crippen molar-refractivity contribution in [3.05, 3.63) is 42.0 Å². The van der Waals surface area contributed by atoms with Crippen LogP contribution in [0.2, 0.25) is 0 Å². The summed E-state index contributed by atoms with van der Waals surface area (Å²) >= 11 is 0. The van der Waals surface area contributed by atoms with Crippen molar-refractivity contribution in [1.82, 2.24) is 4.98 Å². The lowest BCUT2D eigenvalue weighted by molar-refractivity contribution is 0.0193. The van der Waals surface area contributed by atoms with Crippen LogP contribution in [0, 0.1) is 6.92 Å². The van der Waals surface area contributed by atoms with E-state index in [9.17, 15) is 0 Å². The van der Waals surface area contributed by atoms with Gasteiger partial charge in [-0.15, -0.1) is 0 Å². The van der Waals surface area contributed by atoms with Crippen LogP contribution in [-0.4, -0.2) is 12.1 Å². The largest absolute Gasteiger partial charge is 0.472 e. The maximum Gasteiger partial charge on any atom is 0.181 e. The molecule has 1 unspecified atom stereocenters. The number of nitrogens with zero attached hydrogens (tertiary/aromatic N) is 1. The smallest absolute Gasteiger partial charge is 0.181 e. The van der Waals surface area contributed by atoms with Crippen molar-refractivity contribution in [2.45, 2.75) is 19.4 Å². The van der Waals surface area contributed by atoms with Crippen LogP contribution < -0.4 is 0 Å². The van der Waals surface area contributed by atoms with Gasteiger partial charge in [0.05, 0.1) is 18.2 Å². The first kappa shape index (κ1) is 9.98.